The lowest BCUT2D eigenvalue weighted by Gasteiger charge is -2.38. The van der Waals surface area contributed by atoms with Crippen molar-refractivity contribution in [3.8, 4) is 6.07 Å². The molecule has 1 saturated heterocycles. The first kappa shape index (κ1) is 24.1. The van der Waals surface area contributed by atoms with E-state index in [1.807, 2.05) is 23.1 Å². The smallest absolute Gasteiger partial charge is 0.255 e. The lowest BCUT2D eigenvalue weighted by Crippen LogP contribution is -2.46. The van der Waals surface area contributed by atoms with Gasteiger partial charge in [0.2, 0.25) is 0 Å². The SMILES string of the molecule is CC1c2c(cc(CN3CCC(C#N)(c4ccccn4)CC3)c3ccccc23)C(=O)N1C1CCCCC1O. The monoisotopic (exact) mass is 494 g/mol. The minimum absolute atomic E-state index is 0.0520. The highest BCUT2D eigenvalue weighted by Crippen LogP contribution is 2.43. The van der Waals surface area contributed by atoms with E-state index >= 15 is 0 Å². The molecule has 0 spiro atoms. The molecule has 0 radical (unpaired) electrons. The summed E-state index contributed by atoms with van der Waals surface area (Å²) in [5, 5.41) is 23.1. The van der Waals surface area contributed by atoms with Crippen molar-refractivity contribution in [2.75, 3.05) is 13.1 Å². The third-order valence-electron chi connectivity index (χ3n) is 9.00. The molecule has 3 heterocycles. The maximum atomic E-state index is 13.8. The van der Waals surface area contributed by atoms with E-state index in [-0.39, 0.29) is 18.0 Å². The number of pyridine rings is 1. The molecular weight excluding hydrogens is 460 g/mol. The maximum absolute atomic E-state index is 13.8. The number of amides is 1. The highest BCUT2D eigenvalue weighted by molar-refractivity contribution is 6.06. The van der Waals surface area contributed by atoms with Crippen molar-refractivity contribution in [2.45, 2.75) is 75.6 Å². The van der Waals surface area contributed by atoms with Gasteiger partial charge in [-0.3, -0.25) is 14.7 Å². The number of likely N-dealkylation sites (tertiary alicyclic amines) is 1. The van der Waals surface area contributed by atoms with Crippen LogP contribution in [0.1, 0.15) is 78.7 Å². The van der Waals surface area contributed by atoms with Gasteiger partial charge in [0, 0.05) is 31.4 Å². The quantitative estimate of drug-likeness (QED) is 0.545. The van der Waals surface area contributed by atoms with Crippen molar-refractivity contribution in [1.82, 2.24) is 14.8 Å². The van der Waals surface area contributed by atoms with Crippen molar-refractivity contribution in [3.05, 3.63) is 77.1 Å². The van der Waals surface area contributed by atoms with E-state index in [0.717, 1.165) is 85.9 Å². The number of carbonyl (C=O) groups excluding carboxylic acids is 1. The van der Waals surface area contributed by atoms with Gasteiger partial charge in [-0.25, -0.2) is 0 Å². The lowest BCUT2D eigenvalue weighted by molar-refractivity contribution is 0.00976. The molecule has 3 aliphatic rings. The zero-order valence-corrected chi connectivity index (χ0v) is 21.4. The zero-order valence-electron chi connectivity index (χ0n) is 21.4. The van der Waals surface area contributed by atoms with Gasteiger partial charge in [0.05, 0.1) is 30.0 Å². The standard InChI is InChI=1S/C31H34N4O2/c1-21-29-24-9-3-2-8-23(24)22(18-25(29)30(37)35(21)26-10-4-5-11-27(26)36)19-34-16-13-31(20-32,14-17-34)28-12-6-7-15-33-28/h2-3,6-9,12,15,18,21,26-27,36H,4-5,10-11,13-14,16-17,19H2,1H3. The van der Waals surface area contributed by atoms with E-state index in [0.29, 0.717) is 0 Å². The number of aromatic nitrogens is 1. The molecule has 2 aliphatic heterocycles. The minimum atomic E-state index is -0.537. The van der Waals surface area contributed by atoms with Gasteiger partial charge < -0.3 is 10.0 Å². The molecule has 2 fully saturated rings. The summed E-state index contributed by atoms with van der Waals surface area (Å²) in [6, 6.07) is 18.8. The predicted octanol–water partition coefficient (Wildman–Crippen LogP) is 5.11. The summed E-state index contributed by atoms with van der Waals surface area (Å²) in [5.41, 5.74) is 3.37. The Morgan fingerprint density at radius 3 is 2.51 bits per heavy atom. The highest BCUT2D eigenvalue weighted by Gasteiger charge is 2.43. The number of piperidine rings is 1. The van der Waals surface area contributed by atoms with Gasteiger partial charge >= 0.3 is 0 Å². The largest absolute Gasteiger partial charge is 0.391 e. The Labute approximate surface area is 218 Å². The number of rotatable bonds is 4. The zero-order chi connectivity index (χ0) is 25.6. The summed E-state index contributed by atoms with van der Waals surface area (Å²) < 4.78 is 0. The fourth-order valence-corrected chi connectivity index (χ4v) is 6.94. The van der Waals surface area contributed by atoms with Crippen LogP contribution in [0.5, 0.6) is 0 Å². The first-order valence-corrected chi connectivity index (χ1v) is 13.6. The highest BCUT2D eigenvalue weighted by atomic mass is 16.3. The average molecular weight is 495 g/mol. The molecule has 1 aromatic heterocycles. The van der Waals surface area contributed by atoms with E-state index in [1.54, 1.807) is 6.20 Å². The third kappa shape index (κ3) is 4.02. The summed E-state index contributed by atoms with van der Waals surface area (Å²) in [6.07, 6.45) is 6.51. The number of carbonyl (C=O) groups is 1. The van der Waals surface area contributed by atoms with Gasteiger partial charge in [-0.15, -0.1) is 0 Å². The molecular formula is C31H34N4O2. The number of fused-ring (bicyclic) bond motifs is 3. The van der Waals surface area contributed by atoms with Crippen molar-refractivity contribution < 1.29 is 9.90 Å². The second-order valence-corrected chi connectivity index (χ2v) is 11.0. The van der Waals surface area contributed by atoms with Crippen LogP contribution in [0.2, 0.25) is 0 Å². The van der Waals surface area contributed by atoms with Gasteiger partial charge in [-0.2, -0.15) is 5.26 Å². The number of hydrogen-bond donors (Lipinski definition) is 1. The Morgan fingerprint density at radius 1 is 1.08 bits per heavy atom. The van der Waals surface area contributed by atoms with Gasteiger partial charge in [-0.1, -0.05) is 43.2 Å². The number of nitrogens with zero attached hydrogens (tertiary/aromatic N) is 4. The van der Waals surface area contributed by atoms with Gasteiger partial charge in [0.1, 0.15) is 5.41 Å². The lowest BCUT2D eigenvalue weighted by atomic mass is 9.76. The Morgan fingerprint density at radius 2 is 1.81 bits per heavy atom. The number of aliphatic hydroxyl groups excluding tert-OH is 1. The summed E-state index contributed by atoms with van der Waals surface area (Å²) in [4.78, 5) is 22.6. The van der Waals surface area contributed by atoms with Crippen molar-refractivity contribution in [3.63, 3.8) is 0 Å². The topological polar surface area (TPSA) is 80.5 Å². The summed E-state index contributed by atoms with van der Waals surface area (Å²) in [7, 11) is 0. The number of aliphatic hydroxyl groups is 1. The van der Waals surface area contributed by atoms with Crippen molar-refractivity contribution in [2.24, 2.45) is 0 Å². The minimum Gasteiger partial charge on any atom is -0.391 e. The summed E-state index contributed by atoms with van der Waals surface area (Å²) in [6.45, 7) is 4.46. The van der Waals surface area contributed by atoms with E-state index < -0.39 is 11.5 Å². The van der Waals surface area contributed by atoms with Crippen LogP contribution < -0.4 is 0 Å². The van der Waals surface area contributed by atoms with Gasteiger partial charge in [0.15, 0.2) is 0 Å². The second kappa shape index (κ2) is 9.55. The van der Waals surface area contributed by atoms with E-state index in [4.69, 9.17) is 0 Å². The van der Waals surface area contributed by atoms with Crippen LogP contribution in [0.25, 0.3) is 10.8 Å². The molecule has 1 N–H and O–H groups in total. The number of nitriles is 1. The van der Waals surface area contributed by atoms with Crippen LogP contribution in [0.3, 0.4) is 0 Å². The molecule has 3 aromatic rings. The van der Waals surface area contributed by atoms with Gasteiger partial charge in [0.25, 0.3) is 5.91 Å². The Kier molecular flexibility index (Phi) is 6.22. The number of hydrogen-bond acceptors (Lipinski definition) is 5. The molecule has 6 heteroatoms. The van der Waals surface area contributed by atoms with E-state index in [2.05, 4.69) is 53.2 Å². The summed E-state index contributed by atoms with van der Waals surface area (Å²) >= 11 is 0. The molecule has 1 aliphatic carbocycles. The predicted molar refractivity (Wildman–Crippen MR) is 143 cm³/mol. The van der Waals surface area contributed by atoms with Crippen LogP contribution in [-0.2, 0) is 12.0 Å². The molecule has 190 valence electrons. The van der Waals surface area contributed by atoms with Crippen molar-refractivity contribution in [1.29, 1.82) is 5.26 Å². The van der Waals surface area contributed by atoms with Crippen LogP contribution in [0, 0.1) is 11.3 Å². The molecule has 3 unspecified atom stereocenters. The Bertz CT molecular complexity index is 1360. The van der Waals surface area contributed by atoms with Crippen LogP contribution in [0.15, 0.2) is 54.7 Å². The van der Waals surface area contributed by atoms with Gasteiger partial charge in [-0.05, 0) is 72.7 Å². The normalized spacial score (nSPS) is 25.7. The Balaban J connectivity index is 1.29. The molecule has 6 rings (SSSR count). The third-order valence-corrected chi connectivity index (χ3v) is 9.00. The molecule has 1 amide bonds. The van der Waals surface area contributed by atoms with Crippen LogP contribution in [0.4, 0.5) is 0 Å². The van der Waals surface area contributed by atoms with E-state index in [9.17, 15) is 15.2 Å². The molecule has 6 nitrogen and oxygen atoms in total. The van der Waals surface area contributed by atoms with Crippen LogP contribution >= 0.6 is 0 Å². The first-order valence-electron chi connectivity index (χ1n) is 13.6. The number of benzene rings is 2. The molecule has 37 heavy (non-hydrogen) atoms. The molecule has 2 aromatic carbocycles. The molecule has 0 bridgehead atoms. The Hall–Kier alpha value is -3.27. The molecule has 1 saturated carbocycles. The second-order valence-electron chi connectivity index (χ2n) is 11.0. The fourth-order valence-electron chi connectivity index (χ4n) is 6.94. The van der Waals surface area contributed by atoms with Crippen molar-refractivity contribution >= 4 is 16.7 Å². The maximum Gasteiger partial charge on any atom is 0.255 e. The summed E-state index contributed by atoms with van der Waals surface area (Å²) in [5.74, 6) is 0.0535. The van der Waals surface area contributed by atoms with E-state index in [1.165, 1.54) is 5.39 Å². The average Bonchev–Trinajstić information content (AvgIpc) is 3.19. The fraction of sp³-hybridized carbons (Fsp3) is 0.452. The first-order chi connectivity index (χ1) is 18.0. The molecule has 3 atom stereocenters. The van der Waals surface area contributed by atoms with Crippen LogP contribution in [-0.4, -0.2) is 51.0 Å².